The number of likely N-dealkylation sites (tertiary alicyclic amines) is 1. The number of piperidine rings is 1. The number of carbonyl (C=O) groups excluding carboxylic acids is 1. The van der Waals surface area contributed by atoms with Gasteiger partial charge in [-0.1, -0.05) is 0 Å². The highest BCUT2D eigenvalue weighted by Crippen LogP contribution is 2.41. The molecule has 2 aromatic heterocycles. The van der Waals surface area contributed by atoms with Crippen molar-refractivity contribution in [2.75, 3.05) is 24.5 Å². The van der Waals surface area contributed by atoms with E-state index in [9.17, 15) is 4.79 Å². The van der Waals surface area contributed by atoms with Gasteiger partial charge in [0, 0.05) is 13.1 Å². The molecule has 2 aromatic rings. The Hall–Kier alpha value is -2.21. The Kier molecular flexibility index (Phi) is 3.84. The average Bonchev–Trinajstić information content (AvgIpc) is 3.13. The third kappa shape index (κ3) is 2.71. The van der Waals surface area contributed by atoms with Crippen LogP contribution in [0.15, 0.2) is 35.3 Å². The molecule has 24 heavy (non-hydrogen) atoms. The normalized spacial score (nSPS) is 24.9. The summed E-state index contributed by atoms with van der Waals surface area (Å²) in [6, 6.07) is 4.02. The molecule has 6 heteroatoms. The van der Waals surface area contributed by atoms with Crippen LogP contribution in [0.4, 0.5) is 5.69 Å². The van der Waals surface area contributed by atoms with E-state index >= 15 is 0 Å². The van der Waals surface area contributed by atoms with Crippen molar-refractivity contribution in [2.45, 2.75) is 32.7 Å². The van der Waals surface area contributed by atoms with Gasteiger partial charge in [0.1, 0.15) is 17.8 Å². The standard InChI is InChI=1S/C18H22N4O2/c1-14-3-4-16(24-14)11-21-7-2-5-18(12-21)6-8-22(17(18)23)15-9-19-13-20-10-15/h3-4,9-10,13H,2,5-8,11-12H2,1H3/t18-/m0/s1. The lowest BCUT2D eigenvalue weighted by Crippen LogP contribution is -2.47. The van der Waals surface area contributed by atoms with Crippen molar-refractivity contribution < 1.29 is 9.21 Å². The number of hydrogen-bond acceptors (Lipinski definition) is 5. The van der Waals surface area contributed by atoms with Crippen molar-refractivity contribution in [3.63, 3.8) is 0 Å². The molecule has 0 bridgehead atoms. The smallest absolute Gasteiger partial charge is 0.234 e. The summed E-state index contributed by atoms with van der Waals surface area (Å²) >= 11 is 0. The van der Waals surface area contributed by atoms with Gasteiger partial charge in [-0.15, -0.1) is 0 Å². The van der Waals surface area contributed by atoms with Gasteiger partial charge >= 0.3 is 0 Å². The number of nitrogens with zero attached hydrogens (tertiary/aromatic N) is 4. The van der Waals surface area contributed by atoms with Crippen LogP contribution in [-0.4, -0.2) is 40.4 Å². The highest BCUT2D eigenvalue weighted by Gasteiger charge is 2.49. The van der Waals surface area contributed by atoms with Crippen molar-refractivity contribution in [3.8, 4) is 0 Å². The van der Waals surface area contributed by atoms with Gasteiger partial charge in [0.05, 0.1) is 30.0 Å². The maximum atomic E-state index is 13.1. The van der Waals surface area contributed by atoms with Crippen LogP contribution >= 0.6 is 0 Å². The molecule has 2 fully saturated rings. The van der Waals surface area contributed by atoms with Crippen LogP contribution in [0.25, 0.3) is 0 Å². The van der Waals surface area contributed by atoms with Crippen LogP contribution in [0.3, 0.4) is 0 Å². The van der Waals surface area contributed by atoms with Gasteiger partial charge in [-0.3, -0.25) is 9.69 Å². The molecule has 2 aliphatic rings. The lowest BCUT2D eigenvalue weighted by Gasteiger charge is -2.38. The molecule has 4 rings (SSSR count). The summed E-state index contributed by atoms with van der Waals surface area (Å²) in [7, 11) is 0. The van der Waals surface area contributed by atoms with Crippen molar-refractivity contribution in [3.05, 3.63) is 42.4 Å². The highest BCUT2D eigenvalue weighted by atomic mass is 16.3. The minimum absolute atomic E-state index is 0.220. The Balaban J connectivity index is 1.49. The highest BCUT2D eigenvalue weighted by molar-refractivity contribution is 5.99. The summed E-state index contributed by atoms with van der Waals surface area (Å²) in [4.78, 5) is 25.4. The first kappa shape index (κ1) is 15.3. The fourth-order valence-corrected chi connectivity index (χ4v) is 4.03. The van der Waals surface area contributed by atoms with E-state index in [2.05, 4.69) is 14.9 Å². The summed E-state index contributed by atoms with van der Waals surface area (Å²) in [6.07, 6.45) is 7.84. The summed E-state index contributed by atoms with van der Waals surface area (Å²) in [6.45, 7) is 5.30. The Bertz CT molecular complexity index is 730. The first-order valence-electron chi connectivity index (χ1n) is 8.51. The molecule has 2 aliphatic heterocycles. The largest absolute Gasteiger partial charge is 0.465 e. The minimum Gasteiger partial charge on any atom is -0.465 e. The zero-order chi connectivity index (χ0) is 16.6. The fourth-order valence-electron chi connectivity index (χ4n) is 4.03. The lowest BCUT2D eigenvalue weighted by atomic mass is 9.78. The van der Waals surface area contributed by atoms with Gasteiger partial charge < -0.3 is 9.32 Å². The van der Waals surface area contributed by atoms with Crippen molar-refractivity contribution in [1.29, 1.82) is 0 Å². The van der Waals surface area contributed by atoms with E-state index in [0.717, 1.165) is 62.6 Å². The molecule has 1 atom stereocenters. The van der Waals surface area contributed by atoms with E-state index in [4.69, 9.17) is 4.42 Å². The number of rotatable bonds is 3. The number of furan rings is 1. The summed E-state index contributed by atoms with van der Waals surface area (Å²) in [5.41, 5.74) is 0.536. The van der Waals surface area contributed by atoms with Gasteiger partial charge in [-0.2, -0.15) is 0 Å². The SMILES string of the molecule is Cc1ccc(CN2CCC[C@]3(CCN(c4cncnc4)C3=O)C2)o1. The molecule has 0 radical (unpaired) electrons. The van der Waals surface area contributed by atoms with E-state index < -0.39 is 0 Å². The van der Waals surface area contributed by atoms with Crippen molar-refractivity contribution in [1.82, 2.24) is 14.9 Å². The molecule has 0 aromatic carbocycles. The fraction of sp³-hybridized carbons (Fsp3) is 0.500. The van der Waals surface area contributed by atoms with E-state index in [1.165, 1.54) is 6.33 Å². The second kappa shape index (κ2) is 6.02. The summed E-state index contributed by atoms with van der Waals surface area (Å²) in [5.74, 6) is 2.13. The maximum absolute atomic E-state index is 13.1. The van der Waals surface area contributed by atoms with Gasteiger partial charge in [0.2, 0.25) is 5.91 Å². The molecule has 0 saturated carbocycles. The van der Waals surface area contributed by atoms with Crippen LogP contribution in [0, 0.1) is 12.3 Å². The second-order valence-electron chi connectivity index (χ2n) is 6.91. The third-order valence-electron chi connectivity index (χ3n) is 5.20. The molecular weight excluding hydrogens is 304 g/mol. The molecule has 1 spiro atoms. The van der Waals surface area contributed by atoms with E-state index in [0.29, 0.717) is 0 Å². The molecule has 0 unspecified atom stereocenters. The third-order valence-corrected chi connectivity index (χ3v) is 5.20. The number of aromatic nitrogens is 2. The number of aryl methyl sites for hydroxylation is 1. The molecule has 0 N–H and O–H groups in total. The number of hydrogen-bond donors (Lipinski definition) is 0. The number of carbonyl (C=O) groups is 1. The molecule has 4 heterocycles. The van der Waals surface area contributed by atoms with Gasteiger partial charge in [-0.05, 0) is 44.9 Å². The summed E-state index contributed by atoms with van der Waals surface area (Å²) < 4.78 is 5.70. The van der Waals surface area contributed by atoms with Crippen molar-refractivity contribution >= 4 is 11.6 Å². The van der Waals surface area contributed by atoms with Gasteiger partial charge in [0.15, 0.2) is 0 Å². The first-order chi connectivity index (χ1) is 11.7. The Labute approximate surface area is 141 Å². The van der Waals surface area contributed by atoms with Crippen LogP contribution in [-0.2, 0) is 11.3 Å². The Morgan fingerprint density at radius 3 is 2.79 bits per heavy atom. The topological polar surface area (TPSA) is 62.5 Å². The van der Waals surface area contributed by atoms with E-state index in [-0.39, 0.29) is 11.3 Å². The van der Waals surface area contributed by atoms with Gasteiger partial charge in [0.25, 0.3) is 0 Å². The molecule has 126 valence electrons. The van der Waals surface area contributed by atoms with Crippen LogP contribution in [0.2, 0.25) is 0 Å². The number of amides is 1. The minimum atomic E-state index is -0.268. The lowest BCUT2D eigenvalue weighted by molar-refractivity contribution is -0.128. The second-order valence-corrected chi connectivity index (χ2v) is 6.91. The molecule has 0 aliphatic carbocycles. The average molecular weight is 326 g/mol. The van der Waals surface area contributed by atoms with E-state index in [1.54, 1.807) is 12.4 Å². The van der Waals surface area contributed by atoms with E-state index in [1.807, 2.05) is 24.0 Å². The van der Waals surface area contributed by atoms with Crippen LogP contribution in [0.1, 0.15) is 30.8 Å². The zero-order valence-electron chi connectivity index (χ0n) is 13.9. The molecule has 6 nitrogen and oxygen atoms in total. The predicted molar refractivity (Wildman–Crippen MR) is 89.4 cm³/mol. The maximum Gasteiger partial charge on any atom is 0.234 e. The van der Waals surface area contributed by atoms with Crippen LogP contribution in [0.5, 0.6) is 0 Å². The molecule has 1 amide bonds. The monoisotopic (exact) mass is 326 g/mol. The van der Waals surface area contributed by atoms with Gasteiger partial charge in [-0.25, -0.2) is 9.97 Å². The number of anilines is 1. The molecule has 2 saturated heterocycles. The zero-order valence-corrected chi connectivity index (χ0v) is 13.9. The van der Waals surface area contributed by atoms with Crippen LogP contribution < -0.4 is 4.90 Å². The Morgan fingerprint density at radius 2 is 2.04 bits per heavy atom. The predicted octanol–water partition coefficient (Wildman–Crippen LogP) is 2.40. The van der Waals surface area contributed by atoms with Crippen molar-refractivity contribution in [2.24, 2.45) is 5.41 Å². The summed E-state index contributed by atoms with van der Waals surface area (Å²) in [5, 5.41) is 0. The quantitative estimate of drug-likeness (QED) is 0.867. The Morgan fingerprint density at radius 1 is 1.21 bits per heavy atom. The molecular formula is C18H22N4O2. The first-order valence-corrected chi connectivity index (χ1v) is 8.51.